The first kappa shape index (κ1) is 30.0. The lowest BCUT2D eigenvalue weighted by molar-refractivity contribution is -0.121. The molecule has 14 nitrogen and oxygen atoms in total. The minimum absolute atomic E-state index is 0.0854. The monoisotopic (exact) mass is 556 g/mol. The number of sulfone groups is 1. The van der Waals surface area contributed by atoms with Crippen molar-refractivity contribution in [3.8, 4) is 0 Å². The van der Waals surface area contributed by atoms with Gasteiger partial charge in [0.25, 0.3) is 0 Å². The largest absolute Gasteiger partial charge is 0.387 e. The molecule has 1 saturated heterocycles. The molecule has 2 aromatic rings. The second-order valence-electron chi connectivity index (χ2n) is 9.58. The summed E-state index contributed by atoms with van der Waals surface area (Å²) in [6.07, 6.45) is 3.13. The average Bonchev–Trinajstić information content (AvgIpc) is 3.40. The van der Waals surface area contributed by atoms with E-state index in [9.17, 15) is 23.4 Å². The number of unbranched alkanes of at least 4 members (excludes halogenated alkanes) is 3. The second-order valence-corrected chi connectivity index (χ2v) is 11.8. The van der Waals surface area contributed by atoms with Crippen molar-refractivity contribution in [2.45, 2.75) is 70.0 Å². The van der Waals surface area contributed by atoms with Crippen LogP contribution < -0.4 is 21.7 Å². The van der Waals surface area contributed by atoms with Gasteiger partial charge in [-0.3, -0.25) is 9.36 Å². The third kappa shape index (κ3) is 8.46. The molecule has 15 heteroatoms. The van der Waals surface area contributed by atoms with Crippen molar-refractivity contribution in [2.24, 2.45) is 0 Å². The van der Waals surface area contributed by atoms with E-state index < -0.39 is 34.4 Å². The number of aliphatic hydroxyl groups is 2. The third-order valence-electron chi connectivity index (χ3n) is 6.23. The highest BCUT2D eigenvalue weighted by molar-refractivity contribution is 7.90. The van der Waals surface area contributed by atoms with Crippen LogP contribution >= 0.6 is 0 Å². The molecular formula is C23H40N8O6S. The molecule has 0 aromatic carbocycles. The zero-order valence-electron chi connectivity index (χ0n) is 22.0. The molecule has 3 rings (SSSR count). The number of hydrogen-bond donors (Lipinski definition) is 6. The van der Waals surface area contributed by atoms with E-state index in [2.05, 4.69) is 30.9 Å². The number of nitrogen functional groups attached to an aromatic ring is 1. The smallest absolute Gasteiger partial charge is 0.226 e. The highest BCUT2D eigenvalue weighted by Crippen LogP contribution is 2.32. The SMILES string of the molecule is CCCNC[C@H]1OC(n2cnc3c(N)nc(NCCNC(=O)CCCCCCS(C)(=O)=O)nc32)[C@H](O)[C@@H]1O. The van der Waals surface area contributed by atoms with E-state index in [1.165, 1.54) is 17.2 Å². The highest BCUT2D eigenvalue weighted by Gasteiger charge is 2.44. The van der Waals surface area contributed by atoms with Crippen LogP contribution in [-0.2, 0) is 19.4 Å². The van der Waals surface area contributed by atoms with Crippen molar-refractivity contribution in [1.29, 1.82) is 0 Å². The lowest BCUT2D eigenvalue weighted by Gasteiger charge is -2.17. The average molecular weight is 557 g/mol. The number of nitrogens with two attached hydrogens (primary N) is 1. The molecule has 0 aliphatic carbocycles. The number of nitrogens with one attached hydrogen (secondary N) is 3. The lowest BCUT2D eigenvalue weighted by atomic mass is 10.1. The number of imidazole rings is 1. The summed E-state index contributed by atoms with van der Waals surface area (Å²) < 4.78 is 29.7. The number of nitrogens with zero attached hydrogens (tertiary/aromatic N) is 4. The van der Waals surface area contributed by atoms with Gasteiger partial charge in [-0.2, -0.15) is 9.97 Å². The summed E-state index contributed by atoms with van der Waals surface area (Å²) in [5, 5.41) is 30.1. The number of hydrogen-bond acceptors (Lipinski definition) is 12. The number of fused-ring (bicyclic) bond motifs is 1. The van der Waals surface area contributed by atoms with Gasteiger partial charge in [-0.15, -0.1) is 0 Å². The Morgan fingerprint density at radius 1 is 1.13 bits per heavy atom. The first-order valence-corrected chi connectivity index (χ1v) is 15.1. The number of rotatable bonds is 16. The number of carbonyl (C=O) groups excluding carboxylic acids is 1. The van der Waals surface area contributed by atoms with Crippen LogP contribution in [0.1, 0.15) is 51.7 Å². The Morgan fingerprint density at radius 2 is 1.89 bits per heavy atom. The van der Waals surface area contributed by atoms with Crippen molar-refractivity contribution in [1.82, 2.24) is 30.2 Å². The molecule has 38 heavy (non-hydrogen) atoms. The molecule has 2 aromatic heterocycles. The molecule has 1 unspecified atom stereocenters. The van der Waals surface area contributed by atoms with E-state index in [0.717, 1.165) is 25.8 Å². The third-order valence-corrected chi connectivity index (χ3v) is 7.26. The second kappa shape index (κ2) is 14.0. The van der Waals surface area contributed by atoms with Crippen LogP contribution in [-0.4, -0.2) is 101 Å². The van der Waals surface area contributed by atoms with Gasteiger partial charge in [-0.1, -0.05) is 19.8 Å². The Balaban J connectivity index is 1.48. The molecule has 1 aliphatic rings. The zero-order chi connectivity index (χ0) is 27.7. The first-order valence-electron chi connectivity index (χ1n) is 13.0. The van der Waals surface area contributed by atoms with Gasteiger partial charge in [0, 0.05) is 38.1 Å². The number of carbonyl (C=O) groups is 1. The zero-order valence-corrected chi connectivity index (χ0v) is 22.8. The fourth-order valence-electron chi connectivity index (χ4n) is 4.22. The van der Waals surface area contributed by atoms with E-state index in [-0.39, 0.29) is 23.4 Å². The molecule has 1 aliphatic heterocycles. The molecule has 3 heterocycles. The predicted molar refractivity (Wildman–Crippen MR) is 143 cm³/mol. The van der Waals surface area contributed by atoms with Gasteiger partial charge in [-0.05, 0) is 25.8 Å². The molecule has 1 amide bonds. The Morgan fingerprint density at radius 3 is 2.63 bits per heavy atom. The van der Waals surface area contributed by atoms with Crippen LogP contribution in [0, 0.1) is 0 Å². The molecule has 4 atom stereocenters. The molecule has 0 spiro atoms. The summed E-state index contributed by atoms with van der Waals surface area (Å²) in [6.45, 7) is 3.90. The molecule has 1 fully saturated rings. The Bertz CT molecular complexity index is 1160. The van der Waals surface area contributed by atoms with Crippen molar-refractivity contribution in [3.63, 3.8) is 0 Å². The fraction of sp³-hybridized carbons (Fsp3) is 0.739. The number of ether oxygens (including phenoxy) is 1. The standard InChI is InChI=1S/C23H40N8O6S/c1-3-9-25-13-15-18(33)19(34)22(37-15)31-14-28-17-20(24)29-23(30-21(17)31)27-11-10-26-16(32)8-6-4-5-7-12-38(2,35)36/h14-15,18-19,22,25,33-34H,3-13H2,1-2H3,(H,26,32)(H3,24,27,29,30)/t15-,18-,19-,22?/m1/s1. The van der Waals surface area contributed by atoms with Crippen molar-refractivity contribution in [3.05, 3.63) is 6.33 Å². The van der Waals surface area contributed by atoms with Crippen molar-refractivity contribution < 1.29 is 28.2 Å². The minimum atomic E-state index is -2.93. The van der Waals surface area contributed by atoms with Crippen molar-refractivity contribution in [2.75, 3.05) is 49.2 Å². The van der Waals surface area contributed by atoms with E-state index in [4.69, 9.17) is 10.5 Å². The highest BCUT2D eigenvalue weighted by atomic mass is 32.2. The molecule has 0 saturated carbocycles. The number of anilines is 2. The Hall–Kier alpha value is -2.59. The number of amides is 1. The maximum Gasteiger partial charge on any atom is 0.226 e. The summed E-state index contributed by atoms with van der Waals surface area (Å²) >= 11 is 0. The van der Waals surface area contributed by atoms with Crippen LogP contribution in [0.2, 0.25) is 0 Å². The maximum absolute atomic E-state index is 12.0. The summed E-state index contributed by atoms with van der Waals surface area (Å²) in [4.78, 5) is 25.0. The van der Waals surface area contributed by atoms with Gasteiger partial charge in [0.2, 0.25) is 11.9 Å². The molecule has 0 bridgehead atoms. The molecule has 0 radical (unpaired) electrons. The number of aliphatic hydroxyl groups excluding tert-OH is 2. The van der Waals surface area contributed by atoms with E-state index in [1.54, 1.807) is 0 Å². The summed E-state index contributed by atoms with van der Waals surface area (Å²) in [7, 11) is -2.93. The van der Waals surface area contributed by atoms with Crippen molar-refractivity contribution >= 4 is 38.7 Å². The van der Waals surface area contributed by atoms with Crippen LogP contribution in [0.25, 0.3) is 11.2 Å². The minimum Gasteiger partial charge on any atom is -0.387 e. The quantitative estimate of drug-likeness (QED) is 0.145. The van der Waals surface area contributed by atoms with Gasteiger partial charge < -0.3 is 36.6 Å². The topological polar surface area (TPSA) is 207 Å². The van der Waals surface area contributed by atoms with E-state index in [0.29, 0.717) is 50.1 Å². The van der Waals surface area contributed by atoms with Crippen LogP contribution in [0.4, 0.5) is 11.8 Å². The van der Waals surface area contributed by atoms with E-state index in [1.807, 2.05) is 6.92 Å². The van der Waals surface area contributed by atoms with Gasteiger partial charge in [0.05, 0.1) is 6.33 Å². The van der Waals surface area contributed by atoms with Crippen LogP contribution in [0.3, 0.4) is 0 Å². The fourth-order valence-corrected chi connectivity index (χ4v) is 4.95. The lowest BCUT2D eigenvalue weighted by Crippen LogP contribution is -2.37. The Labute approximate surface area is 222 Å². The summed E-state index contributed by atoms with van der Waals surface area (Å²) in [5.74, 6) is 0.464. The summed E-state index contributed by atoms with van der Waals surface area (Å²) in [5.41, 5.74) is 6.76. The number of aromatic nitrogens is 4. The predicted octanol–water partition coefficient (Wildman–Crippen LogP) is -0.449. The molecule has 7 N–H and O–H groups in total. The maximum atomic E-state index is 12.0. The normalized spacial score (nSPS) is 21.7. The van der Waals surface area contributed by atoms with Crippen LogP contribution in [0.15, 0.2) is 6.33 Å². The van der Waals surface area contributed by atoms with E-state index >= 15 is 0 Å². The van der Waals surface area contributed by atoms with Gasteiger partial charge in [0.1, 0.15) is 33.7 Å². The summed E-state index contributed by atoms with van der Waals surface area (Å²) in [6, 6.07) is 0. The Kier molecular flexibility index (Phi) is 11.0. The van der Waals surface area contributed by atoms with Gasteiger partial charge in [0.15, 0.2) is 17.7 Å². The molecule has 214 valence electrons. The van der Waals surface area contributed by atoms with Gasteiger partial charge >= 0.3 is 0 Å². The first-order chi connectivity index (χ1) is 18.1. The van der Waals surface area contributed by atoms with Crippen LogP contribution in [0.5, 0.6) is 0 Å². The van der Waals surface area contributed by atoms with Gasteiger partial charge in [-0.25, -0.2) is 13.4 Å². The molecular weight excluding hydrogens is 516 g/mol.